The van der Waals surface area contributed by atoms with Crippen LogP contribution in [-0.4, -0.2) is 5.16 Å². The van der Waals surface area contributed by atoms with Gasteiger partial charge in [0.15, 0.2) is 0 Å². The molecule has 0 aromatic rings. The summed E-state index contributed by atoms with van der Waals surface area (Å²) in [6, 6.07) is 0. The largest absolute Gasteiger partial charge is 0.130 e. The van der Waals surface area contributed by atoms with Gasteiger partial charge in [-0.25, -0.2) is 0 Å². The van der Waals surface area contributed by atoms with E-state index in [1.165, 1.54) is 0 Å². The lowest BCUT2D eigenvalue weighted by atomic mass is 9.66. The Labute approximate surface area is 97.1 Å². The average molecular weight is 224 g/mol. The van der Waals surface area contributed by atoms with Crippen molar-refractivity contribution in [2.45, 2.75) is 53.6 Å². The first-order valence-electron chi connectivity index (χ1n) is 6.02. The minimum atomic E-state index is 0.352. The molecule has 0 amide bonds. The van der Waals surface area contributed by atoms with Crippen molar-refractivity contribution in [2.75, 3.05) is 0 Å². The van der Waals surface area contributed by atoms with Gasteiger partial charge in [-0.3, -0.25) is 0 Å². The van der Waals surface area contributed by atoms with Crippen LogP contribution in [0, 0.1) is 22.7 Å². The van der Waals surface area contributed by atoms with E-state index < -0.39 is 0 Å². The first kappa shape index (κ1) is 11.6. The number of hydrogen-bond acceptors (Lipinski definition) is 0. The molecule has 0 N–H and O–H groups in total. The van der Waals surface area contributed by atoms with E-state index in [9.17, 15) is 0 Å². The molecule has 2 aliphatic rings. The predicted octanol–water partition coefficient (Wildman–Crippen LogP) is 4.27. The molecular weight excluding hydrogens is 199 g/mol. The lowest BCUT2D eigenvalue weighted by Crippen LogP contribution is -2.42. The molecule has 0 saturated heterocycles. The summed E-state index contributed by atoms with van der Waals surface area (Å²) < 4.78 is 0. The Morgan fingerprint density at radius 3 is 1.60 bits per heavy atom. The zero-order chi connectivity index (χ0) is 11.8. The summed E-state index contributed by atoms with van der Waals surface area (Å²) in [4.78, 5) is 0. The van der Waals surface area contributed by atoms with Crippen LogP contribution in [-0.2, 0) is 0 Å². The maximum atomic E-state index is 3.16. The molecule has 86 valence electrons. The highest BCUT2D eigenvalue weighted by Gasteiger charge is 2.68. The molecule has 0 spiro atoms. The van der Waals surface area contributed by atoms with Crippen molar-refractivity contribution in [3.63, 3.8) is 0 Å². The number of hydrogen-bond donors (Lipinski definition) is 0. The number of allylic oxidation sites excluding steroid dienone is 2. The minimum Gasteiger partial charge on any atom is -0.130 e. The maximum absolute atomic E-state index is 3.16. The van der Waals surface area contributed by atoms with Crippen LogP contribution in [0.3, 0.4) is 0 Å². The zero-order valence-electron chi connectivity index (χ0n) is 11.2. The molecule has 1 saturated carbocycles. The molecule has 0 aromatic carbocycles. The highest BCUT2D eigenvalue weighted by atomic mass is 31.0. The van der Waals surface area contributed by atoms with Crippen LogP contribution in [0.25, 0.3) is 0 Å². The van der Waals surface area contributed by atoms with Crippen molar-refractivity contribution in [1.82, 2.24) is 0 Å². The third-order valence-electron chi connectivity index (χ3n) is 5.69. The van der Waals surface area contributed by atoms with Gasteiger partial charge in [-0.1, -0.05) is 45.8 Å². The zero-order valence-corrected chi connectivity index (χ0v) is 12.4. The third kappa shape index (κ3) is 1.03. The second kappa shape index (κ2) is 2.70. The second-order valence-corrected chi connectivity index (χ2v) is 8.26. The third-order valence-corrected chi connectivity index (χ3v) is 6.76. The van der Waals surface area contributed by atoms with Gasteiger partial charge < -0.3 is 0 Å². The molecule has 3 unspecified atom stereocenters. The fourth-order valence-corrected chi connectivity index (χ4v) is 5.96. The summed E-state index contributed by atoms with van der Waals surface area (Å²) in [6.07, 6.45) is 0. The van der Waals surface area contributed by atoms with Crippen LogP contribution >= 0.6 is 9.24 Å². The van der Waals surface area contributed by atoms with Gasteiger partial charge in [-0.2, -0.15) is 0 Å². The normalized spacial score (nSPS) is 46.4. The van der Waals surface area contributed by atoms with Crippen LogP contribution in [0.5, 0.6) is 0 Å². The van der Waals surface area contributed by atoms with Gasteiger partial charge in [-0.15, -0.1) is 9.24 Å². The van der Waals surface area contributed by atoms with Gasteiger partial charge in [0, 0.05) is 0 Å². The molecular formula is C14H25P. The van der Waals surface area contributed by atoms with Crippen LogP contribution in [0.1, 0.15) is 48.5 Å². The van der Waals surface area contributed by atoms with Crippen LogP contribution < -0.4 is 0 Å². The van der Waals surface area contributed by atoms with E-state index in [4.69, 9.17) is 0 Å². The Kier molecular flexibility index (Phi) is 2.10. The van der Waals surface area contributed by atoms with Crippen LogP contribution in [0.4, 0.5) is 0 Å². The summed E-state index contributed by atoms with van der Waals surface area (Å²) >= 11 is 0. The Morgan fingerprint density at radius 2 is 1.27 bits per heavy atom. The quantitative estimate of drug-likeness (QED) is 0.426. The van der Waals surface area contributed by atoms with Crippen molar-refractivity contribution in [3.05, 3.63) is 11.1 Å². The highest BCUT2D eigenvalue weighted by molar-refractivity contribution is 7.19. The molecule has 1 heteroatoms. The molecule has 0 nitrogen and oxygen atoms in total. The van der Waals surface area contributed by atoms with E-state index in [-0.39, 0.29) is 0 Å². The summed E-state index contributed by atoms with van der Waals surface area (Å²) in [5, 5.41) is 0.352. The highest BCUT2D eigenvalue weighted by Crippen LogP contribution is 2.73. The standard InChI is InChI=1S/C14H25P/c1-8-9(2)11-12(3,4)10(8)13(5,6)14(11,7)15/h10-11H,15H2,1-7H3/t10?,11?,14-/m1/s1. The SMILES string of the molecule is CC1=C(C)C2C(C)(C)C1C(C)(C)[C@]2(C)P. The van der Waals surface area contributed by atoms with Gasteiger partial charge in [0.25, 0.3) is 0 Å². The lowest BCUT2D eigenvalue weighted by molar-refractivity contribution is 0.189. The Balaban J connectivity index is 2.68. The smallest absolute Gasteiger partial charge is 0.00510 e. The lowest BCUT2D eigenvalue weighted by Gasteiger charge is -2.45. The second-order valence-electron chi connectivity index (χ2n) is 7.06. The minimum absolute atomic E-state index is 0.352. The van der Waals surface area contributed by atoms with Crippen LogP contribution in [0.2, 0.25) is 0 Å². The maximum Gasteiger partial charge on any atom is -0.00510 e. The van der Waals surface area contributed by atoms with Crippen molar-refractivity contribution in [1.29, 1.82) is 0 Å². The Bertz CT molecular complexity index is 312. The van der Waals surface area contributed by atoms with Gasteiger partial charge in [0.05, 0.1) is 0 Å². The molecule has 0 radical (unpaired) electrons. The van der Waals surface area contributed by atoms with Crippen molar-refractivity contribution in [3.8, 4) is 0 Å². The van der Waals surface area contributed by atoms with Crippen molar-refractivity contribution >= 4 is 9.24 Å². The molecule has 2 rings (SSSR count). The van der Waals surface area contributed by atoms with E-state index >= 15 is 0 Å². The number of rotatable bonds is 0. The molecule has 0 heterocycles. The topological polar surface area (TPSA) is 0 Å². The van der Waals surface area contributed by atoms with Gasteiger partial charge in [0.1, 0.15) is 0 Å². The summed E-state index contributed by atoms with van der Waals surface area (Å²) in [6.45, 7) is 16.9. The molecule has 2 bridgehead atoms. The first-order valence-corrected chi connectivity index (χ1v) is 6.60. The van der Waals surface area contributed by atoms with E-state index in [2.05, 4.69) is 57.7 Å². The fraction of sp³-hybridized carbons (Fsp3) is 0.857. The van der Waals surface area contributed by atoms with Gasteiger partial charge >= 0.3 is 0 Å². The molecule has 1 fully saturated rings. The van der Waals surface area contributed by atoms with Crippen LogP contribution in [0.15, 0.2) is 11.1 Å². The van der Waals surface area contributed by atoms with E-state index in [1.807, 2.05) is 0 Å². The molecule has 0 aliphatic heterocycles. The summed E-state index contributed by atoms with van der Waals surface area (Å²) in [5.74, 6) is 1.48. The Morgan fingerprint density at radius 1 is 0.867 bits per heavy atom. The monoisotopic (exact) mass is 224 g/mol. The molecule has 15 heavy (non-hydrogen) atoms. The molecule has 4 atom stereocenters. The number of fused-ring (bicyclic) bond motifs is 2. The van der Waals surface area contributed by atoms with Crippen molar-refractivity contribution < 1.29 is 0 Å². The molecule has 0 aromatic heterocycles. The first-order chi connectivity index (χ1) is 6.56. The van der Waals surface area contributed by atoms with E-state index in [0.717, 1.165) is 11.8 Å². The Hall–Kier alpha value is 0.170. The van der Waals surface area contributed by atoms with Gasteiger partial charge in [-0.05, 0) is 41.7 Å². The fourth-order valence-electron chi connectivity index (χ4n) is 5.11. The average Bonchev–Trinajstić information content (AvgIpc) is 2.22. The van der Waals surface area contributed by atoms with Gasteiger partial charge in [0.2, 0.25) is 0 Å². The predicted molar refractivity (Wildman–Crippen MR) is 71.0 cm³/mol. The van der Waals surface area contributed by atoms with E-state index in [0.29, 0.717) is 16.0 Å². The van der Waals surface area contributed by atoms with Crippen molar-refractivity contribution in [2.24, 2.45) is 22.7 Å². The molecule has 2 aliphatic carbocycles. The van der Waals surface area contributed by atoms with E-state index in [1.54, 1.807) is 11.1 Å². The summed E-state index contributed by atoms with van der Waals surface area (Å²) in [5.41, 5.74) is 4.15. The summed E-state index contributed by atoms with van der Waals surface area (Å²) in [7, 11) is 3.16.